The van der Waals surface area contributed by atoms with E-state index in [2.05, 4.69) is 20.8 Å². The second-order valence-electron chi connectivity index (χ2n) is 6.48. The average Bonchev–Trinajstić information content (AvgIpc) is 3.20. The van der Waals surface area contributed by atoms with Gasteiger partial charge in [-0.2, -0.15) is 0 Å². The van der Waals surface area contributed by atoms with E-state index in [1.807, 2.05) is 38.1 Å². The smallest absolute Gasteiger partial charge is 0.229 e. The van der Waals surface area contributed by atoms with E-state index < -0.39 is 0 Å². The first-order valence-electron chi connectivity index (χ1n) is 8.85. The van der Waals surface area contributed by atoms with Gasteiger partial charge in [0.15, 0.2) is 5.96 Å². The third kappa shape index (κ3) is 4.21. The van der Waals surface area contributed by atoms with E-state index in [0.29, 0.717) is 25.5 Å². The molecular formula is C19H25N5O3. The van der Waals surface area contributed by atoms with E-state index in [9.17, 15) is 4.79 Å². The number of methoxy groups -OCH3 is 1. The Bertz CT molecular complexity index is 826. The summed E-state index contributed by atoms with van der Waals surface area (Å²) in [4.78, 5) is 18.5. The number of nitrogens with zero attached hydrogens (tertiary/aromatic N) is 3. The molecule has 8 nitrogen and oxygen atoms in total. The normalized spacial score (nSPS) is 17.3. The zero-order valence-corrected chi connectivity index (χ0v) is 16.1. The van der Waals surface area contributed by atoms with Crippen LogP contribution in [0.15, 0.2) is 33.8 Å². The molecule has 1 aliphatic heterocycles. The number of rotatable bonds is 5. The molecule has 1 saturated heterocycles. The molecule has 0 aliphatic carbocycles. The van der Waals surface area contributed by atoms with Gasteiger partial charge >= 0.3 is 0 Å². The summed E-state index contributed by atoms with van der Waals surface area (Å²) in [6.07, 6.45) is 0.406. The van der Waals surface area contributed by atoms with Gasteiger partial charge in [0.1, 0.15) is 11.5 Å². The molecule has 144 valence electrons. The SMILES string of the molecule is CN=C(NCc1c(C)noc1C)NC1CC(=O)N(c2cccc(OC)c2)C1. The maximum atomic E-state index is 12.5. The molecule has 1 aliphatic rings. The minimum Gasteiger partial charge on any atom is -0.497 e. The van der Waals surface area contributed by atoms with Crippen molar-refractivity contribution in [3.05, 3.63) is 41.3 Å². The van der Waals surface area contributed by atoms with E-state index in [-0.39, 0.29) is 11.9 Å². The van der Waals surface area contributed by atoms with Crippen LogP contribution in [0.5, 0.6) is 5.75 Å². The van der Waals surface area contributed by atoms with Crippen LogP contribution in [-0.4, -0.2) is 43.8 Å². The highest BCUT2D eigenvalue weighted by atomic mass is 16.5. The Kier molecular flexibility index (Phi) is 5.63. The zero-order chi connectivity index (χ0) is 19.4. The quantitative estimate of drug-likeness (QED) is 0.615. The molecule has 8 heteroatoms. The number of hydrogen-bond donors (Lipinski definition) is 2. The molecule has 1 amide bonds. The van der Waals surface area contributed by atoms with Crippen LogP contribution >= 0.6 is 0 Å². The molecule has 1 unspecified atom stereocenters. The molecule has 2 aromatic rings. The lowest BCUT2D eigenvalue weighted by Gasteiger charge is -2.19. The molecule has 1 aromatic carbocycles. The zero-order valence-electron chi connectivity index (χ0n) is 16.1. The van der Waals surface area contributed by atoms with Gasteiger partial charge in [-0.25, -0.2) is 0 Å². The maximum Gasteiger partial charge on any atom is 0.229 e. The van der Waals surface area contributed by atoms with Crippen molar-refractivity contribution in [3.8, 4) is 5.75 Å². The second kappa shape index (κ2) is 8.11. The Labute approximate surface area is 158 Å². The minimum atomic E-state index is -0.0282. The lowest BCUT2D eigenvalue weighted by atomic mass is 10.2. The molecule has 3 rings (SSSR count). The fourth-order valence-electron chi connectivity index (χ4n) is 3.15. The highest BCUT2D eigenvalue weighted by molar-refractivity contribution is 5.97. The summed E-state index contributed by atoms with van der Waals surface area (Å²) < 4.78 is 10.4. The number of nitrogens with one attached hydrogen (secondary N) is 2. The monoisotopic (exact) mass is 371 g/mol. The van der Waals surface area contributed by atoms with Gasteiger partial charge in [0.05, 0.1) is 18.8 Å². The molecule has 0 radical (unpaired) electrons. The summed E-state index contributed by atoms with van der Waals surface area (Å²) >= 11 is 0. The summed E-state index contributed by atoms with van der Waals surface area (Å²) in [5.74, 6) is 2.23. The van der Waals surface area contributed by atoms with Crippen molar-refractivity contribution in [2.24, 2.45) is 4.99 Å². The fraction of sp³-hybridized carbons (Fsp3) is 0.421. The van der Waals surface area contributed by atoms with Crippen molar-refractivity contribution in [3.63, 3.8) is 0 Å². The van der Waals surface area contributed by atoms with E-state index in [4.69, 9.17) is 9.26 Å². The van der Waals surface area contributed by atoms with Gasteiger partial charge in [-0.1, -0.05) is 11.2 Å². The number of carbonyl (C=O) groups is 1. The van der Waals surface area contributed by atoms with Crippen molar-refractivity contribution in [1.29, 1.82) is 0 Å². The fourth-order valence-corrected chi connectivity index (χ4v) is 3.15. The van der Waals surface area contributed by atoms with Crippen molar-refractivity contribution < 1.29 is 14.1 Å². The highest BCUT2D eigenvalue weighted by Crippen LogP contribution is 2.25. The molecule has 1 fully saturated rings. The van der Waals surface area contributed by atoms with Crippen LogP contribution in [0.4, 0.5) is 5.69 Å². The van der Waals surface area contributed by atoms with E-state index in [0.717, 1.165) is 28.5 Å². The number of aromatic nitrogens is 1. The van der Waals surface area contributed by atoms with Gasteiger partial charge in [-0.3, -0.25) is 9.79 Å². The van der Waals surface area contributed by atoms with Crippen LogP contribution < -0.4 is 20.3 Å². The molecular weight excluding hydrogens is 346 g/mol. The van der Waals surface area contributed by atoms with Crippen molar-refractivity contribution >= 4 is 17.6 Å². The lowest BCUT2D eigenvalue weighted by Crippen LogP contribution is -2.44. The van der Waals surface area contributed by atoms with Crippen LogP contribution in [0.2, 0.25) is 0 Å². The molecule has 27 heavy (non-hydrogen) atoms. The molecule has 1 atom stereocenters. The van der Waals surface area contributed by atoms with Crippen LogP contribution in [0, 0.1) is 13.8 Å². The van der Waals surface area contributed by atoms with E-state index >= 15 is 0 Å². The second-order valence-corrected chi connectivity index (χ2v) is 6.48. The van der Waals surface area contributed by atoms with Crippen molar-refractivity contribution in [2.75, 3.05) is 25.6 Å². The van der Waals surface area contributed by atoms with Gasteiger partial charge in [-0.05, 0) is 26.0 Å². The Morgan fingerprint density at radius 3 is 2.93 bits per heavy atom. The van der Waals surface area contributed by atoms with Gasteiger partial charge in [0.2, 0.25) is 5.91 Å². The standard InChI is InChI=1S/C19H25N5O3/c1-12-17(13(2)27-23-12)10-21-19(20-3)22-14-8-18(25)24(11-14)15-6-5-7-16(9-15)26-4/h5-7,9,14H,8,10-11H2,1-4H3,(H2,20,21,22). The minimum absolute atomic E-state index is 0.0282. The molecule has 0 spiro atoms. The van der Waals surface area contributed by atoms with Crippen molar-refractivity contribution in [2.45, 2.75) is 32.9 Å². The first-order chi connectivity index (χ1) is 13.0. The van der Waals surface area contributed by atoms with Crippen LogP contribution in [-0.2, 0) is 11.3 Å². The number of ether oxygens (including phenoxy) is 1. The Hall–Kier alpha value is -3.03. The van der Waals surface area contributed by atoms with E-state index in [1.165, 1.54) is 0 Å². The predicted molar refractivity (Wildman–Crippen MR) is 103 cm³/mol. The van der Waals surface area contributed by atoms with E-state index in [1.54, 1.807) is 19.1 Å². The Morgan fingerprint density at radius 1 is 1.44 bits per heavy atom. The maximum absolute atomic E-state index is 12.5. The molecule has 2 N–H and O–H groups in total. The van der Waals surface area contributed by atoms with Gasteiger partial charge in [0, 0.05) is 43.9 Å². The topological polar surface area (TPSA) is 92.0 Å². The third-order valence-corrected chi connectivity index (χ3v) is 4.67. The lowest BCUT2D eigenvalue weighted by molar-refractivity contribution is -0.117. The van der Waals surface area contributed by atoms with Crippen LogP contribution in [0.1, 0.15) is 23.4 Å². The predicted octanol–water partition coefficient (Wildman–Crippen LogP) is 1.77. The third-order valence-electron chi connectivity index (χ3n) is 4.67. The van der Waals surface area contributed by atoms with Gasteiger partial charge < -0.3 is 24.8 Å². The summed E-state index contributed by atoms with van der Waals surface area (Å²) in [6, 6.07) is 7.49. The summed E-state index contributed by atoms with van der Waals surface area (Å²) in [7, 11) is 3.32. The van der Waals surface area contributed by atoms with Crippen molar-refractivity contribution in [1.82, 2.24) is 15.8 Å². The van der Waals surface area contributed by atoms with Gasteiger partial charge in [-0.15, -0.1) is 0 Å². The largest absolute Gasteiger partial charge is 0.497 e. The average molecular weight is 371 g/mol. The van der Waals surface area contributed by atoms with Gasteiger partial charge in [0.25, 0.3) is 0 Å². The molecule has 0 bridgehead atoms. The number of carbonyl (C=O) groups excluding carboxylic acids is 1. The molecule has 2 heterocycles. The Balaban J connectivity index is 1.61. The number of benzene rings is 1. The van der Waals surface area contributed by atoms with Crippen LogP contribution in [0.3, 0.4) is 0 Å². The first-order valence-corrected chi connectivity index (χ1v) is 8.85. The Morgan fingerprint density at radius 2 is 2.26 bits per heavy atom. The number of aliphatic imine (C=N–C) groups is 1. The number of amides is 1. The number of anilines is 1. The number of aryl methyl sites for hydroxylation is 2. The molecule has 1 aromatic heterocycles. The number of hydrogen-bond acceptors (Lipinski definition) is 5. The number of guanidine groups is 1. The first kappa shape index (κ1) is 18.8. The highest BCUT2D eigenvalue weighted by Gasteiger charge is 2.31. The summed E-state index contributed by atoms with van der Waals surface area (Å²) in [6.45, 7) is 4.92. The van der Waals surface area contributed by atoms with Crippen LogP contribution in [0.25, 0.3) is 0 Å². The molecule has 0 saturated carbocycles. The summed E-state index contributed by atoms with van der Waals surface area (Å²) in [5, 5.41) is 10.5. The summed E-state index contributed by atoms with van der Waals surface area (Å²) in [5.41, 5.74) is 2.71.